The quantitative estimate of drug-likeness (QED) is 0.159. The Morgan fingerprint density at radius 1 is 0.274 bits per heavy atom. The first kappa shape index (κ1) is 35.8. The molecule has 10 aromatic carbocycles. The van der Waals surface area contributed by atoms with E-state index in [1.54, 1.807) is 0 Å². The first-order valence-corrected chi connectivity index (χ1v) is 21.4. The van der Waals surface area contributed by atoms with Crippen LogP contribution in [-0.2, 0) is 5.41 Å². The van der Waals surface area contributed by atoms with Crippen molar-refractivity contribution in [1.29, 1.82) is 0 Å². The van der Waals surface area contributed by atoms with Crippen LogP contribution in [-0.4, -0.2) is 0 Å². The van der Waals surface area contributed by atoms with Crippen molar-refractivity contribution in [2.75, 3.05) is 14.7 Å². The average Bonchev–Trinajstić information content (AvgIpc) is 3.62. The fourth-order valence-corrected chi connectivity index (χ4v) is 10.3. The number of benzene rings is 10. The number of rotatable bonds is 7. The van der Waals surface area contributed by atoms with Gasteiger partial charge in [0.2, 0.25) is 0 Å². The van der Waals surface area contributed by atoms with E-state index in [9.17, 15) is 0 Å². The minimum absolute atomic E-state index is 0.678. The van der Waals surface area contributed by atoms with Gasteiger partial charge in [-0.1, -0.05) is 158 Å². The van der Waals surface area contributed by atoms with Gasteiger partial charge in [-0.05, 0) is 130 Å². The Labute approximate surface area is 362 Å². The molecule has 10 aromatic rings. The second-order valence-corrected chi connectivity index (χ2v) is 16.1. The maximum absolute atomic E-state index is 2.50. The molecule has 0 saturated heterocycles. The van der Waals surface area contributed by atoms with Gasteiger partial charge in [0.25, 0.3) is 0 Å². The molecule has 0 atom stereocenters. The second kappa shape index (κ2) is 14.5. The standard InChI is InChI=1S/C59H41N3/c1-5-22-43(23-6-1)60(44-24-7-2-8-25-44)47-36-38-50-51-39-37-48(61(45-26-9-3-10-27-45)46-28-11-4-12-29-46)41-55(51)59(54(50)40-47)52-31-15-17-33-57(52)62(58-34-18-16-32-53(58)59)56-35-19-21-42-20-13-14-30-49(42)56/h1-41H. The van der Waals surface area contributed by atoms with Gasteiger partial charge in [0.05, 0.1) is 22.5 Å². The van der Waals surface area contributed by atoms with Gasteiger partial charge in [-0.25, -0.2) is 0 Å². The molecule has 1 heterocycles. The zero-order valence-electron chi connectivity index (χ0n) is 34.0. The van der Waals surface area contributed by atoms with E-state index in [0.717, 1.165) is 39.8 Å². The van der Waals surface area contributed by atoms with Crippen LogP contribution in [0.15, 0.2) is 249 Å². The molecule has 3 heteroatoms. The van der Waals surface area contributed by atoms with E-state index in [-0.39, 0.29) is 0 Å². The van der Waals surface area contributed by atoms with Crippen molar-refractivity contribution >= 4 is 62.0 Å². The normalized spacial score (nSPS) is 12.9. The highest BCUT2D eigenvalue weighted by molar-refractivity contribution is 6.03. The van der Waals surface area contributed by atoms with Crippen LogP contribution in [0.5, 0.6) is 0 Å². The van der Waals surface area contributed by atoms with Gasteiger partial charge in [0, 0.05) is 39.5 Å². The number of anilines is 9. The van der Waals surface area contributed by atoms with Crippen LogP contribution in [0.2, 0.25) is 0 Å². The molecule has 0 saturated carbocycles. The lowest BCUT2D eigenvalue weighted by Crippen LogP contribution is -2.36. The highest BCUT2D eigenvalue weighted by Crippen LogP contribution is 2.65. The Bertz CT molecular complexity index is 2990. The molecule has 0 amide bonds. The van der Waals surface area contributed by atoms with E-state index >= 15 is 0 Å². The molecule has 292 valence electrons. The Morgan fingerprint density at radius 3 is 1.11 bits per heavy atom. The molecule has 0 fully saturated rings. The van der Waals surface area contributed by atoms with Crippen LogP contribution in [0.1, 0.15) is 22.3 Å². The Morgan fingerprint density at radius 2 is 0.645 bits per heavy atom. The largest absolute Gasteiger partial charge is 0.310 e. The van der Waals surface area contributed by atoms with E-state index < -0.39 is 5.41 Å². The first-order chi connectivity index (χ1) is 30.8. The number of hydrogen-bond acceptors (Lipinski definition) is 3. The summed E-state index contributed by atoms with van der Waals surface area (Å²) in [5.74, 6) is 0. The van der Waals surface area contributed by atoms with E-state index in [1.807, 2.05) is 0 Å². The topological polar surface area (TPSA) is 9.72 Å². The summed E-state index contributed by atoms with van der Waals surface area (Å²) in [6, 6.07) is 90.9. The fourth-order valence-electron chi connectivity index (χ4n) is 10.3. The summed E-state index contributed by atoms with van der Waals surface area (Å²) in [7, 11) is 0. The van der Waals surface area contributed by atoms with Gasteiger partial charge in [-0.15, -0.1) is 0 Å². The number of nitrogens with zero attached hydrogens (tertiary/aromatic N) is 3. The third-order valence-electron chi connectivity index (χ3n) is 12.8. The lowest BCUT2D eigenvalue weighted by atomic mass is 9.64. The van der Waals surface area contributed by atoms with Crippen molar-refractivity contribution in [2.45, 2.75) is 5.41 Å². The number of fused-ring (bicyclic) bond motifs is 10. The average molecular weight is 792 g/mol. The van der Waals surface area contributed by atoms with Crippen LogP contribution < -0.4 is 14.7 Å². The maximum Gasteiger partial charge on any atom is 0.0755 e. The third-order valence-corrected chi connectivity index (χ3v) is 12.8. The van der Waals surface area contributed by atoms with Crippen LogP contribution in [0.3, 0.4) is 0 Å². The minimum atomic E-state index is -0.678. The molecule has 1 spiro atoms. The van der Waals surface area contributed by atoms with Crippen molar-refractivity contribution in [3.63, 3.8) is 0 Å². The van der Waals surface area contributed by atoms with Crippen molar-refractivity contribution in [3.05, 3.63) is 271 Å². The van der Waals surface area contributed by atoms with Gasteiger partial charge >= 0.3 is 0 Å². The molecule has 12 rings (SSSR count). The Hall–Kier alpha value is -8.14. The molecule has 2 aliphatic rings. The molecule has 0 bridgehead atoms. The second-order valence-electron chi connectivity index (χ2n) is 16.1. The predicted molar refractivity (Wildman–Crippen MR) is 259 cm³/mol. The summed E-state index contributed by atoms with van der Waals surface area (Å²) in [4.78, 5) is 7.28. The van der Waals surface area contributed by atoms with Crippen LogP contribution in [0, 0.1) is 0 Å². The first-order valence-electron chi connectivity index (χ1n) is 21.4. The smallest absolute Gasteiger partial charge is 0.0755 e. The highest BCUT2D eigenvalue weighted by atomic mass is 15.2. The number of para-hydroxylation sites is 6. The monoisotopic (exact) mass is 791 g/mol. The van der Waals surface area contributed by atoms with Crippen molar-refractivity contribution < 1.29 is 0 Å². The molecule has 1 aliphatic carbocycles. The maximum atomic E-state index is 2.50. The van der Waals surface area contributed by atoms with Crippen molar-refractivity contribution in [2.24, 2.45) is 0 Å². The Balaban J connectivity index is 1.18. The summed E-state index contributed by atoms with van der Waals surface area (Å²) in [5.41, 5.74) is 17.0. The van der Waals surface area contributed by atoms with Crippen LogP contribution >= 0.6 is 0 Å². The van der Waals surface area contributed by atoms with Gasteiger partial charge < -0.3 is 14.7 Å². The Kier molecular flexibility index (Phi) is 8.39. The van der Waals surface area contributed by atoms with E-state index in [0.29, 0.717) is 0 Å². The zero-order valence-corrected chi connectivity index (χ0v) is 34.0. The SMILES string of the molecule is c1ccc(N(c2ccccc2)c2ccc3c(c2)C2(c4cc(N(c5ccccc5)c5ccccc5)ccc4-3)c3ccccc3N(c3cccc4ccccc34)c3ccccc32)cc1. The fraction of sp³-hybridized carbons (Fsp3) is 0.0169. The summed E-state index contributed by atoms with van der Waals surface area (Å²) in [6.07, 6.45) is 0. The van der Waals surface area contributed by atoms with Gasteiger partial charge in [0.15, 0.2) is 0 Å². The van der Waals surface area contributed by atoms with Crippen molar-refractivity contribution in [1.82, 2.24) is 0 Å². The summed E-state index contributed by atoms with van der Waals surface area (Å²) in [6.45, 7) is 0. The van der Waals surface area contributed by atoms with Gasteiger partial charge in [0.1, 0.15) is 0 Å². The molecule has 0 unspecified atom stereocenters. The lowest BCUT2D eigenvalue weighted by Gasteiger charge is -2.45. The van der Waals surface area contributed by atoms with E-state index in [2.05, 4.69) is 263 Å². The van der Waals surface area contributed by atoms with E-state index in [4.69, 9.17) is 0 Å². The van der Waals surface area contributed by atoms with E-state index in [1.165, 1.54) is 55.5 Å². The third kappa shape index (κ3) is 5.45. The molecule has 0 aromatic heterocycles. The molecule has 0 N–H and O–H groups in total. The lowest BCUT2D eigenvalue weighted by molar-refractivity contribution is 0.753. The molecular weight excluding hydrogens is 751 g/mol. The van der Waals surface area contributed by atoms with Crippen LogP contribution in [0.25, 0.3) is 21.9 Å². The molecule has 0 radical (unpaired) electrons. The molecular formula is C59H41N3. The van der Waals surface area contributed by atoms with Crippen molar-refractivity contribution in [3.8, 4) is 11.1 Å². The zero-order chi connectivity index (χ0) is 41.0. The minimum Gasteiger partial charge on any atom is -0.310 e. The summed E-state index contributed by atoms with van der Waals surface area (Å²) in [5, 5.41) is 2.44. The predicted octanol–water partition coefficient (Wildman–Crippen LogP) is 15.9. The molecule has 62 heavy (non-hydrogen) atoms. The number of hydrogen-bond donors (Lipinski definition) is 0. The van der Waals surface area contributed by atoms with Gasteiger partial charge in [-0.3, -0.25) is 0 Å². The highest BCUT2D eigenvalue weighted by Gasteiger charge is 2.52. The summed E-state index contributed by atoms with van der Waals surface area (Å²) >= 11 is 0. The molecule has 1 aliphatic heterocycles. The summed E-state index contributed by atoms with van der Waals surface area (Å²) < 4.78 is 0. The van der Waals surface area contributed by atoms with Gasteiger partial charge in [-0.2, -0.15) is 0 Å². The molecule has 3 nitrogen and oxygen atoms in total. The van der Waals surface area contributed by atoms with Crippen LogP contribution in [0.4, 0.5) is 51.2 Å².